The third kappa shape index (κ3) is 2.73. The van der Waals surface area contributed by atoms with Crippen LogP contribution in [0.25, 0.3) is 0 Å². The Balaban J connectivity index is 2.64. The molecule has 0 bridgehead atoms. The largest absolute Gasteiger partial charge is 0.481 e. The van der Waals surface area contributed by atoms with Gasteiger partial charge in [0.2, 0.25) is 5.88 Å². The van der Waals surface area contributed by atoms with Gasteiger partial charge in [0, 0.05) is 12.3 Å². The predicted octanol–water partition coefficient (Wildman–Crippen LogP) is 1.35. The van der Waals surface area contributed by atoms with Crippen LogP contribution in [0.2, 0.25) is 0 Å². The second-order valence-corrected chi connectivity index (χ2v) is 3.15. The number of ether oxygens (including phenoxy) is 1. The number of rotatable bonds is 4. The smallest absolute Gasteiger partial charge is 0.306 e. The molecule has 0 aliphatic heterocycles. The third-order valence-electron chi connectivity index (χ3n) is 1.97. The van der Waals surface area contributed by atoms with Crippen molar-refractivity contribution in [2.45, 2.75) is 13.3 Å². The van der Waals surface area contributed by atoms with Crippen LogP contribution in [0.4, 0.5) is 0 Å². The van der Waals surface area contributed by atoms with Crippen molar-refractivity contribution in [1.82, 2.24) is 4.98 Å². The first-order valence-electron chi connectivity index (χ1n) is 4.35. The molecule has 0 spiro atoms. The van der Waals surface area contributed by atoms with Gasteiger partial charge in [-0.1, -0.05) is 13.0 Å². The maximum Gasteiger partial charge on any atom is 0.306 e. The van der Waals surface area contributed by atoms with Gasteiger partial charge in [-0.25, -0.2) is 4.98 Å². The molecule has 0 aliphatic rings. The Morgan fingerprint density at radius 2 is 2.36 bits per heavy atom. The number of methoxy groups -OCH3 is 1. The molecular formula is C10H13NO3. The Bertz CT molecular complexity index is 308. The van der Waals surface area contributed by atoms with Crippen LogP contribution in [0.5, 0.6) is 5.88 Å². The molecule has 0 fully saturated rings. The van der Waals surface area contributed by atoms with Crippen molar-refractivity contribution in [3.63, 3.8) is 0 Å². The summed E-state index contributed by atoms with van der Waals surface area (Å²) in [6, 6.07) is 3.55. The molecule has 14 heavy (non-hydrogen) atoms. The number of nitrogens with zero attached hydrogens (tertiary/aromatic N) is 1. The molecule has 4 heteroatoms. The van der Waals surface area contributed by atoms with Crippen LogP contribution in [0.1, 0.15) is 12.5 Å². The summed E-state index contributed by atoms with van der Waals surface area (Å²) in [6.07, 6.45) is 2.13. The fourth-order valence-corrected chi connectivity index (χ4v) is 1.09. The first-order valence-corrected chi connectivity index (χ1v) is 4.35. The molecular weight excluding hydrogens is 182 g/mol. The molecule has 1 aromatic rings. The highest BCUT2D eigenvalue weighted by atomic mass is 16.5. The van der Waals surface area contributed by atoms with E-state index in [4.69, 9.17) is 9.84 Å². The minimum atomic E-state index is -0.791. The van der Waals surface area contributed by atoms with Crippen LogP contribution in [0, 0.1) is 5.92 Å². The fraction of sp³-hybridized carbons (Fsp3) is 0.400. The molecule has 0 amide bonds. The first kappa shape index (κ1) is 10.5. The highest BCUT2D eigenvalue weighted by Gasteiger charge is 2.11. The summed E-state index contributed by atoms with van der Waals surface area (Å²) < 4.78 is 4.89. The number of hydrogen-bond donors (Lipinski definition) is 1. The standard InChI is InChI=1S/C10H13NO3/c1-7(10(12)13)5-8-3-4-9(14-2)11-6-8/h3-4,6-7H,5H2,1-2H3,(H,12,13). The average molecular weight is 195 g/mol. The van der Waals surface area contributed by atoms with E-state index in [1.165, 1.54) is 0 Å². The molecule has 0 saturated heterocycles. The maximum absolute atomic E-state index is 10.6. The highest BCUT2D eigenvalue weighted by molar-refractivity contribution is 5.69. The predicted molar refractivity (Wildman–Crippen MR) is 51.3 cm³/mol. The van der Waals surface area contributed by atoms with Crippen LogP contribution in [-0.4, -0.2) is 23.2 Å². The summed E-state index contributed by atoms with van der Waals surface area (Å²) in [6.45, 7) is 1.67. The number of carbonyl (C=O) groups is 1. The van der Waals surface area contributed by atoms with Crippen molar-refractivity contribution < 1.29 is 14.6 Å². The Morgan fingerprint density at radius 3 is 2.79 bits per heavy atom. The maximum atomic E-state index is 10.6. The van der Waals surface area contributed by atoms with Crippen molar-refractivity contribution in [1.29, 1.82) is 0 Å². The zero-order valence-electron chi connectivity index (χ0n) is 8.23. The van der Waals surface area contributed by atoms with E-state index in [0.717, 1.165) is 5.56 Å². The lowest BCUT2D eigenvalue weighted by molar-refractivity contribution is -0.141. The Morgan fingerprint density at radius 1 is 1.64 bits per heavy atom. The lowest BCUT2D eigenvalue weighted by Gasteiger charge is -2.05. The molecule has 0 aliphatic carbocycles. The molecule has 0 radical (unpaired) electrons. The van der Waals surface area contributed by atoms with Crippen molar-refractivity contribution >= 4 is 5.97 Å². The van der Waals surface area contributed by atoms with Crippen LogP contribution < -0.4 is 4.74 Å². The van der Waals surface area contributed by atoms with Crippen molar-refractivity contribution in [3.05, 3.63) is 23.9 Å². The number of carboxylic acids is 1. The van der Waals surface area contributed by atoms with E-state index >= 15 is 0 Å². The van der Waals surface area contributed by atoms with Gasteiger partial charge in [-0.3, -0.25) is 4.79 Å². The lowest BCUT2D eigenvalue weighted by atomic mass is 10.0. The Kier molecular flexibility index (Phi) is 3.45. The molecule has 1 atom stereocenters. The van der Waals surface area contributed by atoms with Crippen LogP contribution in [0.15, 0.2) is 18.3 Å². The Hall–Kier alpha value is -1.58. The topological polar surface area (TPSA) is 59.4 Å². The lowest BCUT2D eigenvalue weighted by Crippen LogP contribution is -2.12. The quantitative estimate of drug-likeness (QED) is 0.787. The summed E-state index contributed by atoms with van der Waals surface area (Å²) >= 11 is 0. The molecule has 4 nitrogen and oxygen atoms in total. The van der Waals surface area contributed by atoms with Gasteiger partial charge in [0.15, 0.2) is 0 Å². The monoisotopic (exact) mass is 195 g/mol. The molecule has 1 rings (SSSR count). The van der Waals surface area contributed by atoms with Gasteiger partial charge in [-0.05, 0) is 12.0 Å². The summed E-state index contributed by atoms with van der Waals surface area (Å²) in [5, 5.41) is 8.70. The number of carboxylic acid groups (broad SMARTS) is 1. The van der Waals surface area contributed by atoms with Gasteiger partial charge in [-0.15, -0.1) is 0 Å². The van der Waals surface area contributed by atoms with Crippen molar-refractivity contribution in [2.24, 2.45) is 5.92 Å². The van der Waals surface area contributed by atoms with Crippen molar-refractivity contribution in [3.8, 4) is 5.88 Å². The summed E-state index contributed by atoms with van der Waals surface area (Å²) in [7, 11) is 1.54. The normalized spacial score (nSPS) is 12.1. The van der Waals surface area contributed by atoms with Gasteiger partial charge in [-0.2, -0.15) is 0 Å². The minimum absolute atomic E-state index is 0.384. The van der Waals surface area contributed by atoms with Gasteiger partial charge in [0.05, 0.1) is 13.0 Å². The molecule has 1 aromatic heterocycles. The number of hydrogen-bond acceptors (Lipinski definition) is 3. The molecule has 0 saturated carbocycles. The molecule has 0 aromatic carbocycles. The van der Waals surface area contributed by atoms with E-state index in [1.807, 2.05) is 6.07 Å². The van der Waals surface area contributed by atoms with Crippen LogP contribution in [-0.2, 0) is 11.2 Å². The van der Waals surface area contributed by atoms with Gasteiger partial charge >= 0.3 is 5.97 Å². The van der Waals surface area contributed by atoms with E-state index in [2.05, 4.69) is 4.98 Å². The second-order valence-electron chi connectivity index (χ2n) is 3.15. The number of aliphatic carboxylic acids is 1. The number of pyridine rings is 1. The zero-order valence-corrected chi connectivity index (χ0v) is 8.23. The van der Waals surface area contributed by atoms with E-state index in [9.17, 15) is 4.79 Å². The fourth-order valence-electron chi connectivity index (χ4n) is 1.09. The number of aromatic nitrogens is 1. The molecule has 76 valence electrons. The van der Waals surface area contributed by atoms with E-state index < -0.39 is 5.97 Å². The SMILES string of the molecule is COc1ccc(CC(C)C(=O)O)cn1. The molecule has 1 N–H and O–H groups in total. The molecule has 1 heterocycles. The van der Waals surface area contributed by atoms with Gasteiger partial charge < -0.3 is 9.84 Å². The highest BCUT2D eigenvalue weighted by Crippen LogP contribution is 2.11. The van der Waals surface area contributed by atoms with E-state index in [0.29, 0.717) is 12.3 Å². The summed E-state index contributed by atoms with van der Waals surface area (Å²) in [5.41, 5.74) is 0.903. The summed E-state index contributed by atoms with van der Waals surface area (Å²) in [4.78, 5) is 14.6. The summed E-state index contributed by atoms with van der Waals surface area (Å²) in [5.74, 6) is -0.636. The van der Waals surface area contributed by atoms with Crippen molar-refractivity contribution in [2.75, 3.05) is 7.11 Å². The molecule has 1 unspecified atom stereocenters. The van der Waals surface area contributed by atoms with Crippen LogP contribution >= 0.6 is 0 Å². The van der Waals surface area contributed by atoms with E-state index in [1.54, 1.807) is 26.3 Å². The third-order valence-corrected chi connectivity index (χ3v) is 1.97. The van der Waals surface area contributed by atoms with Gasteiger partial charge in [0.25, 0.3) is 0 Å². The average Bonchev–Trinajstić information content (AvgIpc) is 2.19. The zero-order chi connectivity index (χ0) is 10.6. The van der Waals surface area contributed by atoms with Gasteiger partial charge in [0.1, 0.15) is 0 Å². The van der Waals surface area contributed by atoms with E-state index in [-0.39, 0.29) is 5.92 Å². The second kappa shape index (κ2) is 4.60. The van der Waals surface area contributed by atoms with Crippen LogP contribution in [0.3, 0.4) is 0 Å². The minimum Gasteiger partial charge on any atom is -0.481 e. The first-order chi connectivity index (χ1) is 6.63. The Labute approximate surface area is 82.5 Å².